The number of anilines is 4. The summed E-state index contributed by atoms with van der Waals surface area (Å²) in [5, 5.41) is 9.74. The first-order valence-corrected chi connectivity index (χ1v) is 11.6. The molecule has 1 fully saturated rings. The SMILES string of the molecule is COC(=O)CNC(=O)c1ccc(N2CNc3ncc(Cl)c(N[C@H]4[C@H](C(N)=O)[C@@H]5C=C[C@@H]4C5)c32)cc1. The Balaban J connectivity index is 1.40. The number of benzene rings is 1. The third-order valence-corrected chi connectivity index (χ3v) is 7.13. The quantitative estimate of drug-likeness (QED) is 0.338. The average molecular weight is 497 g/mol. The number of hydrogen-bond donors (Lipinski definition) is 4. The van der Waals surface area contributed by atoms with Crippen molar-refractivity contribution in [2.24, 2.45) is 23.5 Å². The zero-order chi connectivity index (χ0) is 24.7. The molecule has 0 unspecified atom stereocenters. The molecule has 2 aliphatic carbocycles. The van der Waals surface area contributed by atoms with Crippen molar-refractivity contribution in [3.8, 4) is 0 Å². The molecule has 0 spiro atoms. The van der Waals surface area contributed by atoms with Gasteiger partial charge in [0.05, 0.1) is 36.6 Å². The number of rotatable bonds is 7. The predicted molar refractivity (Wildman–Crippen MR) is 131 cm³/mol. The van der Waals surface area contributed by atoms with E-state index in [9.17, 15) is 14.4 Å². The zero-order valence-electron chi connectivity index (χ0n) is 19.0. The van der Waals surface area contributed by atoms with Gasteiger partial charge in [0.15, 0.2) is 5.82 Å². The Kier molecular flexibility index (Phi) is 5.98. The van der Waals surface area contributed by atoms with Crippen molar-refractivity contribution in [1.82, 2.24) is 10.3 Å². The minimum Gasteiger partial charge on any atom is -0.468 e. The Hall–Kier alpha value is -3.79. The van der Waals surface area contributed by atoms with Crippen molar-refractivity contribution in [3.63, 3.8) is 0 Å². The lowest BCUT2D eigenvalue weighted by molar-refractivity contribution is -0.139. The van der Waals surface area contributed by atoms with Crippen LogP contribution in [0.25, 0.3) is 0 Å². The minimum atomic E-state index is -0.524. The number of primary amides is 1. The van der Waals surface area contributed by atoms with E-state index in [0.717, 1.165) is 17.8 Å². The second kappa shape index (κ2) is 9.10. The minimum absolute atomic E-state index is 0.135. The molecule has 1 aromatic heterocycles. The Morgan fingerprint density at radius 1 is 1.23 bits per heavy atom. The molecule has 3 aliphatic rings. The summed E-state index contributed by atoms with van der Waals surface area (Å²) in [6.45, 7) is 0.241. The third kappa shape index (κ3) is 4.14. The highest BCUT2D eigenvalue weighted by Crippen LogP contribution is 2.49. The highest BCUT2D eigenvalue weighted by atomic mass is 35.5. The molecule has 5 rings (SSSR count). The molecule has 2 bridgehead atoms. The number of methoxy groups -OCH3 is 1. The van der Waals surface area contributed by atoms with Crippen molar-refractivity contribution in [1.29, 1.82) is 0 Å². The van der Waals surface area contributed by atoms with Gasteiger partial charge in [0.2, 0.25) is 5.91 Å². The summed E-state index contributed by atoms with van der Waals surface area (Å²) in [4.78, 5) is 42.2. The number of fused-ring (bicyclic) bond motifs is 3. The standard InChI is InChI=1S/C24H25ClN6O4/c1-35-17(32)10-28-24(34)12-4-6-15(7-5-12)31-11-29-23-21(31)20(16(25)9-27-23)30-19-14-3-2-13(8-14)18(19)22(26)33/h2-7,9,13-14,18-19H,8,10-11H2,1H3,(H2,26,33)(H,28,34)(H2,27,29,30)/t13-,14-,18-,19-/m1/s1. The number of ether oxygens (including phenoxy) is 1. The van der Waals surface area contributed by atoms with Crippen molar-refractivity contribution in [3.05, 3.63) is 53.2 Å². The fourth-order valence-electron chi connectivity index (χ4n) is 5.15. The number of nitrogens with two attached hydrogens (primary N) is 1. The number of hydrogen-bond acceptors (Lipinski definition) is 8. The van der Waals surface area contributed by atoms with Gasteiger partial charge in [-0.05, 0) is 42.5 Å². The molecule has 1 saturated carbocycles. The molecule has 1 aliphatic heterocycles. The van der Waals surface area contributed by atoms with Crippen molar-refractivity contribution >= 4 is 52.3 Å². The van der Waals surface area contributed by atoms with Crippen LogP contribution in [-0.4, -0.2) is 49.1 Å². The summed E-state index contributed by atoms with van der Waals surface area (Å²) in [5.74, 6) is -0.544. The van der Waals surface area contributed by atoms with Crippen LogP contribution in [0, 0.1) is 17.8 Å². The second-order valence-electron chi connectivity index (χ2n) is 8.79. The van der Waals surface area contributed by atoms with Gasteiger partial charge in [0.25, 0.3) is 5.91 Å². The first kappa shape index (κ1) is 23.0. The maximum Gasteiger partial charge on any atom is 0.325 e. The molecule has 1 aromatic carbocycles. The van der Waals surface area contributed by atoms with Crippen LogP contribution >= 0.6 is 11.6 Å². The first-order chi connectivity index (χ1) is 16.9. The molecule has 2 heterocycles. The Morgan fingerprint density at radius 2 is 1.97 bits per heavy atom. The summed E-state index contributed by atoms with van der Waals surface area (Å²) >= 11 is 6.60. The Morgan fingerprint density at radius 3 is 2.69 bits per heavy atom. The molecule has 2 amide bonds. The monoisotopic (exact) mass is 496 g/mol. The number of esters is 1. The maximum atomic E-state index is 12.3. The zero-order valence-corrected chi connectivity index (χ0v) is 19.7. The molecular formula is C24H25ClN6O4. The van der Waals surface area contributed by atoms with Gasteiger partial charge in [0.1, 0.15) is 12.2 Å². The van der Waals surface area contributed by atoms with Crippen LogP contribution in [0.2, 0.25) is 5.02 Å². The average Bonchev–Trinajstić information content (AvgIpc) is 3.59. The number of halogens is 1. The van der Waals surface area contributed by atoms with E-state index in [1.807, 2.05) is 4.90 Å². The molecule has 4 atom stereocenters. The molecule has 182 valence electrons. The maximum absolute atomic E-state index is 12.3. The van der Waals surface area contributed by atoms with E-state index in [2.05, 4.69) is 37.8 Å². The van der Waals surface area contributed by atoms with Crippen LogP contribution < -0.4 is 26.6 Å². The molecule has 0 saturated heterocycles. The van der Waals surface area contributed by atoms with Gasteiger partial charge in [-0.1, -0.05) is 23.8 Å². The summed E-state index contributed by atoms with van der Waals surface area (Å²) in [6, 6.07) is 6.81. The first-order valence-electron chi connectivity index (χ1n) is 11.3. The van der Waals surface area contributed by atoms with E-state index >= 15 is 0 Å². The largest absolute Gasteiger partial charge is 0.468 e. The number of amides is 2. The number of allylic oxidation sites excluding steroid dienone is 1. The summed E-state index contributed by atoms with van der Waals surface area (Å²) in [6.07, 6.45) is 6.68. The highest BCUT2D eigenvalue weighted by molar-refractivity contribution is 6.34. The van der Waals surface area contributed by atoms with Crippen molar-refractivity contribution < 1.29 is 19.1 Å². The van der Waals surface area contributed by atoms with Gasteiger partial charge < -0.3 is 31.3 Å². The van der Waals surface area contributed by atoms with Crippen molar-refractivity contribution in [2.45, 2.75) is 12.5 Å². The molecule has 35 heavy (non-hydrogen) atoms. The van der Waals surface area contributed by atoms with Gasteiger partial charge in [-0.2, -0.15) is 0 Å². The van der Waals surface area contributed by atoms with Crippen LogP contribution in [0.3, 0.4) is 0 Å². The lowest BCUT2D eigenvalue weighted by Crippen LogP contribution is -2.41. The van der Waals surface area contributed by atoms with E-state index in [1.165, 1.54) is 7.11 Å². The molecule has 11 heteroatoms. The van der Waals surface area contributed by atoms with E-state index in [-0.39, 0.29) is 42.2 Å². The fraction of sp³-hybridized carbons (Fsp3) is 0.333. The number of nitrogens with one attached hydrogen (secondary N) is 3. The summed E-state index contributed by atoms with van der Waals surface area (Å²) < 4.78 is 4.54. The molecule has 10 nitrogen and oxygen atoms in total. The normalized spacial score (nSPS) is 23.5. The second-order valence-corrected chi connectivity index (χ2v) is 9.20. The molecule has 2 aromatic rings. The van der Waals surface area contributed by atoms with Crippen molar-refractivity contribution in [2.75, 3.05) is 35.9 Å². The number of pyridine rings is 1. The molecular weight excluding hydrogens is 472 g/mol. The Labute approximate surface area is 206 Å². The summed E-state index contributed by atoms with van der Waals surface area (Å²) in [5.41, 5.74) is 8.40. The van der Waals surface area contributed by atoms with Crippen LogP contribution in [0.4, 0.5) is 22.9 Å². The van der Waals surface area contributed by atoms with Crippen LogP contribution in [-0.2, 0) is 14.3 Å². The Bertz CT molecular complexity index is 1220. The predicted octanol–water partition coefficient (Wildman–Crippen LogP) is 2.25. The smallest absolute Gasteiger partial charge is 0.325 e. The number of carbonyl (C=O) groups excluding carboxylic acids is 3. The lowest BCUT2D eigenvalue weighted by Gasteiger charge is -2.30. The van der Waals surface area contributed by atoms with Gasteiger partial charge in [0, 0.05) is 17.3 Å². The van der Waals surface area contributed by atoms with Gasteiger partial charge in [-0.25, -0.2) is 4.98 Å². The van der Waals surface area contributed by atoms with E-state index in [1.54, 1.807) is 30.5 Å². The lowest BCUT2D eigenvalue weighted by atomic mass is 9.88. The van der Waals surface area contributed by atoms with Crippen LogP contribution in [0.15, 0.2) is 42.6 Å². The van der Waals surface area contributed by atoms with Crippen LogP contribution in [0.1, 0.15) is 16.8 Å². The number of carbonyl (C=O) groups is 3. The van der Waals surface area contributed by atoms with Crippen LogP contribution in [0.5, 0.6) is 0 Å². The van der Waals surface area contributed by atoms with Gasteiger partial charge >= 0.3 is 5.97 Å². The van der Waals surface area contributed by atoms with E-state index in [4.69, 9.17) is 17.3 Å². The molecule has 0 radical (unpaired) electrons. The van der Waals surface area contributed by atoms with E-state index < -0.39 is 5.97 Å². The van der Waals surface area contributed by atoms with E-state index in [0.29, 0.717) is 28.8 Å². The topological polar surface area (TPSA) is 139 Å². The van der Waals surface area contributed by atoms with Gasteiger partial charge in [-0.15, -0.1) is 0 Å². The number of nitrogens with zero attached hydrogens (tertiary/aromatic N) is 2. The molecule has 5 N–H and O–H groups in total. The fourth-order valence-corrected chi connectivity index (χ4v) is 5.35. The number of aromatic nitrogens is 1. The summed E-state index contributed by atoms with van der Waals surface area (Å²) in [7, 11) is 1.26. The van der Waals surface area contributed by atoms with Gasteiger partial charge in [-0.3, -0.25) is 14.4 Å². The highest BCUT2D eigenvalue weighted by Gasteiger charge is 2.48. The third-order valence-electron chi connectivity index (χ3n) is 6.84.